The van der Waals surface area contributed by atoms with Crippen molar-refractivity contribution >= 4 is 23.6 Å². The highest BCUT2D eigenvalue weighted by Gasteiger charge is 2.31. The summed E-state index contributed by atoms with van der Waals surface area (Å²) in [4.78, 5) is 21.5. The third-order valence-corrected chi connectivity index (χ3v) is 2.32. The van der Waals surface area contributed by atoms with Gasteiger partial charge in [0.1, 0.15) is 6.42 Å². The maximum Gasteiger partial charge on any atom is 0.397 e. The van der Waals surface area contributed by atoms with Crippen molar-refractivity contribution in [2.45, 2.75) is 19.5 Å². The second kappa shape index (κ2) is 6.23. The van der Waals surface area contributed by atoms with Crippen LogP contribution in [0.15, 0.2) is 24.3 Å². The Morgan fingerprint density at radius 1 is 1.35 bits per heavy atom. The van der Waals surface area contributed by atoms with E-state index in [-0.39, 0.29) is 5.69 Å². The monoisotopic (exact) mass is 287 g/mol. The maximum absolute atomic E-state index is 12.0. The first kappa shape index (κ1) is 15.7. The van der Waals surface area contributed by atoms with Crippen molar-refractivity contribution < 1.29 is 27.9 Å². The van der Waals surface area contributed by atoms with Crippen molar-refractivity contribution in [1.82, 2.24) is 0 Å². The van der Waals surface area contributed by atoms with Crippen LogP contribution >= 0.6 is 0 Å². The van der Waals surface area contributed by atoms with Gasteiger partial charge in [-0.1, -0.05) is 6.07 Å². The highest BCUT2D eigenvalue weighted by Crippen LogP contribution is 2.21. The molecule has 0 unspecified atom stereocenters. The van der Waals surface area contributed by atoms with E-state index in [0.29, 0.717) is 11.1 Å². The molecule has 1 aromatic carbocycles. The predicted molar refractivity (Wildman–Crippen MR) is 67.2 cm³/mol. The molecule has 20 heavy (non-hydrogen) atoms. The number of carboxylic acid groups (broad SMARTS) is 1. The number of carboxylic acids is 1. The Balaban J connectivity index is 2.78. The maximum atomic E-state index is 12.0. The predicted octanol–water partition coefficient (Wildman–Crippen LogP) is 2.98. The van der Waals surface area contributed by atoms with Crippen molar-refractivity contribution in [1.29, 1.82) is 0 Å². The van der Waals surface area contributed by atoms with E-state index in [4.69, 9.17) is 5.11 Å². The summed E-state index contributed by atoms with van der Waals surface area (Å²) < 4.78 is 36.0. The van der Waals surface area contributed by atoms with Crippen molar-refractivity contribution in [2.75, 3.05) is 5.32 Å². The van der Waals surface area contributed by atoms with Crippen molar-refractivity contribution in [3.63, 3.8) is 0 Å². The molecule has 1 rings (SSSR count). The molecule has 0 saturated carbocycles. The van der Waals surface area contributed by atoms with Gasteiger partial charge in [0.25, 0.3) is 0 Å². The van der Waals surface area contributed by atoms with Gasteiger partial charge in [0.15, 0.2) is 0 Å². The molecule has 4 nitrogen and oxygen atoms in total. The Labute approximate surface area is 112 Å². The van der Waals surface area contributed by atoms with Gasteiger partial charge >= 0.3 is 12.1 Å². The van der Waals surface area contributed by atoms with Gasteiger partial charge in [0, 0.05) is 11.8 Å². The molecule has 7 heteroatoms. The molecule has 0 saturated heterocycles. The highest BCUT2D eigenvalue weighted by atomic mass is 19.4. The van der Waals surface area contributed by atoms with Gasteiger partial charge in [-0.15, -0.1) is 0 Å². The highest BCUT2D eigenvalue weighted by molar-refractivity contribution is 5.91. The number of halogens is 3. The lowest BCUT2D eigenvalue weighted by Gasteiger charge is -2.09. The minimum Gasteiger partial charge on any atom is -0.478 e. The molecule has 0 heterocycles. The van der Waals surface area contributed by atoms with E-state index in [1.165, 1.54) is 24.3 Å². The number of nitrogens with one attached hydrogen (secondary N) is 1. The van der Waals surface area contributed by atoms with Crippen LogP contribution in [0.3, 0.4) is 0 Å². The van der Waals surface area contributed by atoms with E-state index in [1.807, 2.05) is 0 Å². The van der Waals surface area contributed by atoms with Crippen LogP contribution in [0, 0.1) is 6.92 Å². The minimum absolute atomic E-state index is 0.226. The Kier molecular flexibility index (Phi) is 4.90. The van der Waals surface area contributed by atoms with Crippen LogP contribution in [0.4, 0.5) is 18.9 Å². The molecule has 0 aliphatic heterocycles. The topological polar surface area (TPSA) is 66.4 Å². The summed E-state index contributed by atoms with van der Waals surface area (Å²) in [6.45, 7) is 1.65. The fraction of sp³-hybridized carbons (Fsp3) is 0.231. The van der Waals surface area contributed by atoms with Crippen LogP contribution in [-0.2, 0) is 9.59 Å². The van der Waals surface area contributed by atoms with E-state index in [1.54, 1.807) is 6.92 Å². The molecule has 0 aliphatic carbocycles. The van der Waals surface area contributed by atoms with Crippen LogP contribution in [0.2, 0.25) is 0 Å². The lowest BCUT2D eigenvalue weighted by atomic mass is 10.1. The first-order valence-electron chi connectivity index (χ1n) is 5.55. The number of benzene rings is 1. The fourth-order valence-corrected chi connectivity index (χ4v) is 1.49. The molecule has 0 aliphatic rings. The molecule has 0 aromatic heterocycles. The van der Waals surface area contributed by atoms with Crippen molar-refractivity contribution in [3.05, 3.63) is 35.4 Å². The number of alkyl halides is 3. The van der Waals surface area contributed by atoms with E-state index in [0.717, 1.165) is 6.08 Å². The van der Waals surface area contributed by atoms with Gasteiger partial charge in [-0.05, 0) is 36.3 Å². The van der Waals surface area contributed by atoms with Crippen LogP contribution in [0.1, 0.15) is 17.5 Å². The Morgan fingerprint density at radius 2 is 2.00 bits per heavy atom. The fourth-order valence-electron chi connectivity index (χ4n) is 1.49. The summed E-state index contributed by atoms with van der Waals surface area (Å²) in [6.07, 6.45) is -3.79. The minimum atomic E-state index is -4.55. The Morgan fingerprint density at radius 3 is 2.50 bits per heavy atom. The van der Waals surface area contributed by atoms with Gasteiger partial charge in [0.2, 0.25) is 5.91 Å². The number of aryl methyl sites for hydroxylation is 1. The molecular formula is C13H12F3NO3. The summed E-state index contributed by atoms with van der Waals surface area (Å²) in [5.41, 5.74) is 1.46. The van der Waals surface area contributed by atoms with Crippen LogP contribution in [0.5, 0.6) is 0 Å². The zero-order valence-electron chi connectivity index (χ0n) is 10.5. The second-order valence-electron chi connectivity index (χ2n) is 4.08. The van der Waals surface area contributed by atoms with Gasteiger partial charge in [-0.3, -0.25) is 4.79 Å². The van der Waals surface area contributed by atoms with Gasteiger partial charge in [-0.2, -0.15) is 13.2 Å². The molecule has 108 valence electrons. The smallest absolute Gasteiger partial charge is 0.397 e. The lowest BCUT2D eigenvalue weighted by molar-refractivity contribution is -0.150. The first-order chi connectivity index (χ1) is 9.17. The molecule has 0 fully saturated rings. The number of hydrogen-bond donors (Lipinski definition) is 2. The van der Waals surface area contributed by atoms with E-state index >= 15 is 0 Å². The average molecular weight is 287 g/mol. The number of aliphatic carboxylic acids is 1. The summed E-state index contributed by atoms with van der Waals surface area (Å²) in [5, 5.41) is 10.6. The molecule has 0 spiro atoms. The summed E-state index contributed by atoms with van der Waals surface area (Å²) in [6, 6.07) is 4.39. The van der Waals surface area contributed by atoms with Crippen LogP contribution < -0.4 is 5.32 Å². The molecular weight excluding hydrogens is 275 g/mol. The molecule has 2 N–H and O–H groups in total. The van der Waals surface area contributed by atoms with Gasteiger partial charge in [0.05, 0.1) is 0 Å². The molecule has 0 radical (unpaired) electrons. The first-order valence-corrected chi connectivity index (χ1v) is 5.55. The zero-order valence-corrected chi connectivity index (χ0v) is 10.5. The van der Waals surface area contributed by atoms with Crippen molar-refractivity contribution in [2.24, 2.45) is 0 Å². The number of hydrogen-bond acceptors (Lipinski definition) is 2. The standard InChI is InChI=1S/C13H12F3NO3/c1-8-6-10(17-11(18)7-13(14,15)16)4-2-9(8)3-5-12(19)20/h2-6H,7H2,1H3,(H,17,18)(H,19,20). The molecule has 1 amide bonds. The van der Waals surface area contributed by atoms with Crippen molar-refractivity contribution in [3.8, 4) is 0 Å². The number of amides is 1. The number of anilines is 1. The lowest BCUT2D eigenvalue weighted by Crippen LogP contribution is -2.21. The molecule has 0 bridgehead atoms. The number of carbonyl (C=O) groups excluding carboxylic acids is 1. The SMILES string of the molecule is Cc1cc(NC(=O)CC(F)(F)F)ccc1C=CC(=O)O. The third-order valence-electron chi connectivity index (χ3n) is 2.32. The quantitative estimate of drug-likeness (QED) is 0.837. The molecule has 1 aromatic rings. The number of carbonyl (C=O) groups is 2. The van der Waals surface area contributed by atoms with Crippen LogP contribution in [0.25, 0.3) is 6.08 Å². The van der Waals surface area contributed by atoms with Gasteiger partial charge < -0.3 is 10.4 Å². The van der Waals surface area contributed by atoms with E-state index in [9.17, 15) is 22.8 Å². The Bertz CT molecular complexity index is 550. The van der Waals surface area contributed by atoms with Crippen LogP contribution in [-0.4, -0.2) is 23.2 Å². The van der Waals surface area contributed by atoms with E-state index in [2.05, 4.69) is 5.32 Å². The zero-order chi connectivity index (χ0) is 15.3. The Hall–Kier alpha value is -2.31. The summed E-state index contributed by atoms with van der Waals surface area (Å²) in [7, 11) is 0. The van der Waals surface area contributed by atoms with Gasteiger partial charge in [-0.25, -0.2) is 4.79 Å². The second-order valence-corrected chi connectivity index (χ2v) is 4.08. The van der Waals surface area contributed by atoms with E-state index < -0.39 is 24.5 Å². The summed E-state index contributed by atoms with van der Waals surface area (Å²) in [5.74, 6) is -2.25. The molecule has 0 atom stereocenters. The third kappa shape index (κ3) is 5.55. The average Bonchev–Trinajstić information content (AvgIpc) is 2.24. The largest absolute Gasteiger partial charge is 0.478 e. The number of rotatable bonds is 4. The normalized spacial score (nSPS) is 11.6. The summed E-state index contributed by atoms with van der Waals surface area (Å²) >= 11 is 0.